The molecule has 2 aromatic rings. The highest BCUT2D eigenvalue weighted by atomic mass is 33.1. The van der Waals surface area contributed by atoms with Gasteiger partial charge in [-0.1, -0.05) is 102 Å². The van der Waals surface area contributed by atoms with E-state index >= 15 is 0 Å². The normalized spacial score (nSPS) is 13.6. The van der Waals surface area contributed by atoms with E-state index in [9.17, 15) is 72.9 Å². The van der Waals surface area contributed by atoms with Crippen LogP contribution in [0, 0.1) is 11.8 Å². The lowest BCUT2D eigenvalue weighted by atomic mass is 9.89. The fourth-order valence-electron chi connectivity index (χ4n) is 7.32. The van der Waals surface area contributed by atoms with Gasteiger partial charge in [0.15, 0.2) is 17.8 Å². The third-order valence-electron chi connectivity index (χ3n) is 11.4. The van der Waals surface area contributed by atoms with Gasteiger partial charge in [-0.25, -0.2) is 9.59 Å². The SMILES string of the molecule is CCSSC[C@H](CC(=O)[C@H](CC(=O)O)NC(=O)[C@@H](N)CNC(=O)[C@@H](CC(=O)[C@H](Cc1ccccc1)NC(=O)CCCCCCNC(=O)CC[C@H](NC(=O)N[C@@H](CCC(=O)O)OC=O)C(=O)O)Cc1ccccc1)C(=O)O. The highest BCUT2D eigenvalue weighted by Crippen LogP contribution is 2.25. The van der Waals surface area contributed by atoms with E-state index in [4.69, 9.17) is 10.8 Å². The Bertz CT molecular complexity index is 2250. The van der Waals surface area contributed by atoms with Crippen molar-refractivity contribution in [2.45, 2.75) is 127 Å². The predicted molar refractivity (Wildman–Crippen MR) is 278 cm³/mol. The molecule has 26 heteroatoms. The Kier molecular flexibility index (Phi) is 31.5. The summed E-state index contributed by atoms with van der Waals surface area (Å²) in [4.78, 5) is 149. The molecule has 0 spiro atoms. The zero-order chi connectivity index (χ0) is 56.4. The molecule has 0 saturated heterocycles. The number of nitrogens with two attached hydrogens (primary N) is 1. The lowest BCUT2D eigenvalue weighted by molar-refractivity contribution is -0.144. The van der Waals surface area contributed by atoms with Crippen LogP contribution in [-0.4, -0.2) is 147 Å². The van der Waals surface area contributed by atoms with Gasteiger partial charge in [0.05, 0.1) is 30.8 Å². The summed E-state index contributed by atoms with van der Waals surface area (Å²) >= 11 is 0. The minimum Gasteiger partial charge on any atom is -0.481 e. The largest absolute Gasteiger partial charge is 0.481 e. The summed E-state index contributed by atoms with van der Waals surface area (Å²) in [6.45, 7) is 1.63. The molecule has 0 bridgehead atoms. The second-order valence-corrected chi connectivity index (χ2v) is 20.3. The molecule has 2 rings (SSSR count). The molecule has 0 saturated carbocycles. The van der Waals surface area contributed by atoms with Gasteiger partial charge in [-0.3, -0.25) is 47.9 Å². The quantitative estimate of drug-likeness (QED) is 0.0196. The monoisotopic (exact) mass is 1100 g/mol. The minimum atomic E-state index is -1.60. The maximum absolute atomic E-state index is 14.1. The van der Waals surface area contributed by atoms with Crippen LogP contribution in [0.5, 0.6) is 0 Å². The number of Topliss-reactive ketones (excluding diaryl/α,β-unsaturated/α-hetero) is 2. The first-order valence-corrected chi connectivity index (χ1v) is 27.0. The number of amides is 6. The average molecular weight is 1100 g/mol. The van der Waals surface area contributed by atoms with E-state index < -0.39 is 133 Å². The Morgan fingerprint density at radius 3 is 1.80 bits per heavy atom. The van der Waals surface area contributed by atoms with Crippen molar-refractivity contribution in [1.82, 2.24) is 31.9 Å². The average Bonchev–Trinajstić information content (AvgIpc) is 3.37. The van der Waals surface area contributed by atoms with Crippen molar-refractivity contribution in [3.05, 3.63) is 71.8 Å². The molecule has 7 atom stereocenters. The summed E-state index contributed by atoms with van der Waals surface area (Å²) in [5, 5.41) is 52.1. The Hall–Kier alpha value is -7.06. The number of hydrogen-bond acceptors (Lipinski definition) is 16. The van der Waals surface area contributed by atoms with Gasteiger partial charge in [0.1, 0.15) is 12.1 Å². The van der Waals surface area contributed by atoms with E-state index in [1.807, 2.05) is 6.92 Å². The van der Waals surface area contributed by atoms with Crippen LogP contribution in [0.1, 0.15) is 95.1 Å². The van der Waals surface area contributed by atoms with Crippen molar-refractivity contribution in [2.24, 2.45) is 17.6 Å². The van der Waals surface area contributed by atoms with Crippen LogP contribution in [-0.2, 0) is 70.3 Å². The Labute approximate surface area is 447 Å². The molecule has 0 aromatic heterocycles. The molecule has 0 unspecified atom stereocenters. The molecule has 0 aliphatic rings. The van der Waals surface area contributed by atoms with Crippen LogP contribution in [0.25, 0.3) is 0 Å². The number of ketones is 2. The molecule has 6 amide bonds. The van der Waals surface area contributed by atoms with Crippen molar-refractivity contribution in [2.75, 3.05) is 24.6 Å². The van der Waals surface area contributed by atoms with Gasteiger partial charge in [0, 0.05) is 62.6 Å². The van der Waals surface area contributed by atoms with Gasteiger partial charge in [-0.2, -0.15) is 0 Å². The number of ether oxygens (including phenoxy) is 1. The number of urea groups is 1. The number of aliphatic carboxylic acids is 4. The summed E-state index contributed by atoms with van der Waals surface area (Å²) < 4.78 is 4.61. The Morgan fingerprint density at radius 2 is 1.21 bits per heavy atom. The number of hydrogen-bond donors (Lipinski definition) is 11. The zero-order valence-corrected chi connectivity index (χ0v) is 43.7. The number of carbonyl (C=O) groups is 12. The molecule has 0 aliphatic heterocycles. The van der Waals surface area contributed by atoms with E-state index in [1.54, 1.807) is 60.7 Å². The third-order valence-corrected chi connectivity index (χ3v) is 13.9. The second-order valence-electron chi connectivity index (χ2n) is 17.5. The fraction of sp³-hybridized carbons (Fsp3) is 0.520. The summed E-state index contributed by atoms with van der Waals surface area (Å²) in [5.41, 5.74) is 7.55. The number of carbonyl (C=O) groups excluding carboxylic acids is 8. The van der Waals surface area contributed by atoms with Crippen LogP contribution in [0.4, 0.5) is 4.79 Å². The summed E-state index contributed by atoms with van der Waals surface area (Å²) in [7, 11) is 2.64. The number of carboxylic acids is 4. The number of rotatable bonds is 41. The van der Waals surface area contributed by atoms with E-state index in [-0.39, 0.29) is 63.7 Å². The molecular formula is C50H69N7O17S2. The molecule has 12 N–H and O–H groups in total. The number of benzene rings is 2. The van der Waals surface area contributed by atoms with Crippen LogP contribution < -0.4 is 37.6 Å². The maximum atomic E-state index is 14.1. The number of unbranched alkanes of at least 4 members (excludes halogenated alkanes) is 3. The molecule has 0 fully saturated rings. The standard InChI is InChI=1S/C50H69N7O17S2/c1-2-75-76-29-34(48(69)70)26-40(60)38(27-45(65)66)55-47(68)35(51)28-53-46(67)33(23-31-13-7-5-8-14-31)25-39(59)37(24-32-15-9-6-10-16-32)54-42(62)17-11-3-4-12-22-52-41(61)19-18-36(49(71)72)56-50(73)57-43(74-30-58)20-21-44(63)64/h5-10,13-16,30,33-38,43H,2-4,11-12,17-29,51H2,1H3,(H,52,61)(H,53,67)(H,54,62)(H,55,68)(H,63,64)(H,65,66)(H,69,70)(H,71,72)(H2,56,57,73)/t33-,34+,35+,36+,37+,38+,43-/m1/s1. The van der Waals surface area contributed by atoms with Crippen molar-refractivity contribution in [3.63, 3.8) is 0 Å². The third kappa shape index (κ3) is 28.0. The first kappa shape index (κ1) is 65.1. The smallest absolute Gasteiger partial charge is 0.326 e. The molecule has 0 radical (unpaired) electrons. The summed E-state index contributed by atoms with van der Waals surface area (Å²) in [6, 6.07) is 11.1. The predicted octanol–water partition coefficient (Wildman–Crippen LogP) is 1.96. The van der Waals surface area contributed by atoms with E-state index in [2.05, 4.69) is 36.6 Å². The molecular weight excluding hydrogens is 1030 g/mol. The van der Waals surface area contributed by atoms with Crippen LogP contribution in [0.3, 0.4) is 0 Å². The van der Waals surface area contributed by atoms with Crippen molar-refractivity contribution < 1.29 is 82.7 Å². The van der Waals surface area contributed by atoms with Gasteiger partial charge >= 0.3 is 29.9 Å². The van der Waals surface area contributed by atoms with Crippen molar-refractivity contribution in [1.29, 1.82) is 0 Å². The fourth-order valence-corrected chi connectivity index (χ4v) is 9.29. The van der Waals surface area contributed by atoms with E-state index in [0.717, 1.165) is 5.56 Å². The molecule has 2 aromatic carbocycles. The van der Waals surface area contributed by atoms with Gasteiger partial charge in [0.25, 0.3) is 6.47 Å². The topological polar surface area (TPSA) is 393 Å². The van der Waals surface area contributed by atoms with E-state index in [1.165, 1.54) is 21.6 Å². The summed E-state index contributed by atoms with van der Waals surface area (Å²) in [6.07, 6.45) is -1.95. The van der Waals surface area contributed by atoms with Gasteiger partial charge < -0.3 is 62.8 Å². The van der Waals surface area contributed by atoms with Crippen LogP contribution >= 0.6 is 21.6 Å². The van der Waals surface area contributed by atoms with Crippen molar-refractivity contribution >= 4 is 93.2 Å². The molecule has 418 valence electrons. The highest BCUT2D eigenvalue weighted by molar-refractivity contribution is 8.76. The Balaban J connectivity index is 2.00. The van der Waals surface area contributed by atoms with Crippen molar-refractivity contribution in [3.8, 4) is 0 Å². The van der Waals surface area contributed by atoms with Gasteiger partial charge in [-0.15, -0.1) is 0 Å². The molecule has 76 heavy (non-hydrogen) atoms. The first-order chi connectivity index (χ1) is 36.2. The molecule has 0 heterocycles. The zero-order valence-electron chi connectivity index (χ0n) is 42.1. The summed E-state index contributed by atoms with van der Waals surface area (Å²) in [5.74, 6) is -10.5. The van der Waals surface area contributed by atoms with Crippen LogP contribution in [0.2, 0.25) is 0 Å². The second kappa shape index (κ2) is 36.8. The van der Waals surface area contributed by atoms with Gasteiger partial charge in [0.2, 0.25) is 23.6 Å². The van der Waals surface area contributed by atoms with Gasteiger partial charge in [-0.05, 0) is 43.2 Å². The first-order valence-electron chi connectivity index (χ1n) is 24.5. The lowest BCUT2D eigenvalue weighted by Crippen LogP contribution is -2.53. The maximum Gasteiger partial charge on any atom is 0.326 e. The van der Waals surface area contributed by atoms with Crippen LogP contribution in [0.15, 0.2) is 60.7 Å². The highest BCUT2D eigenvalue weighted by Gasteiger charge is 2.32. The minimum absolute atomic E-state index is 0.00173. The molecule has 0 aliphatic carbocycles. The molecule has 24 nitrogen and oxygen atoms in total. The number of nitrogens with one attached hydrogen (secondary N) is 6. The van der Waals surface area contributed by atoms with E-state index in [0.29, 0.717) is 37.0 Å². The Morgan fingerprint density at radius 1 is 0.592 bits per heavy atom. The number of carboxylic acid groups (broad SMARTS) is 4. The lowest BCUT2D eigenvalue weighted by Gasteiger charge is -2.23.